The number of carbonyl (C=O) groups is 1. The van der Waals surface area contributed by atoms with Crippen LogP contribution in [0.1, 0.15) is 30.1 Å². The minimum Gasteiger partial charge on any atom is -0.508 e. The summed E-state index contributed by atoms with van der Waals surface area (Å²) >= 11 is 6.00. The van der Waals surface area contributed by atoms with Crippen molar-refractivity contribution in [1.82, 2.24) is 4.90 Å². The van der Waals surface area contributed by atoms with Gasteiger partial charge in [-0.1, -0.05) is 11.6 Å². The van der Waals surface area contributed by atoms with Gasteiger partial charge < -0.3 is 15.7 Å². The van der Waals surface area contributed by atoms with Gasteiger partial charge in [-0.2, -0.15) is 0 Å². The van der Waals surface area contributed by atoms with Gasteiger partial charge in [0, 0.05) is 18.6 Å². The number of likely N-dealkylation sites (tertiary alicyclic amines) is 1. The number of rotatable bonds is 1. The molecule has 1 amide bonds. The van der Waals surface area contributed by atoms with Crippen molar-refractivity contribution in [2.45, 2.75) is 31.8 Å². The molecule has 1 saturated heterocycles. The molecule has 0 bridgehead atoms. The number of hydrogen-bond donors (Lipinski definition) is 2. The zero-order chi connectivity index (χ0) is 13.3. The van der Waals surface area contributed by atoms with Crippen molar-refractivity contribution in [3.05, 3.63) is 28.8 Å². The molecule has 5 heteroatoms. The number of aromatic hydroxyl groups is 1. The third kappa shape index (κ3) is 2.60. The number of piperidine rings is 1. The molecule has 0 saturated carbocycles. The molecule has 0 aliphatic carbocycles. The van der Waals surface area contributed by atoms with Gasteiger partial charge in [-0.25, -0.2) is 0 Å². The number of amides is 1. The van der Waals surface area contributed by atoms with Gasteiger partial charge in [-0.15, -0.1) is 0 Å². The molecular formula is C13H17ClN2O2. The Balaban J connectivity index is 2.23. The molecular weight excluding hydrogens is 252 g/mol. The van der Waals surface area contributed by atoms with Crippen molar-refractivity contribution in [2.24, 2.45) is 5.73 Å². The first-order valence-corrected chi connectivity index (χ1v) is 6.42. The number of halogens is 1. The topological polar surface area (TPSA) is 66.6 Å². The molecule has 1 fully saturated rings. The zero-order valence-corrected chi connectivity index (χ0v) is 11.0. The summed E-state index contributed by atoms with van der Waals surface area (Å²) in [6.07, 6.45) is 1.59. The molecule has 98 valence electrons. The van der Waals surface area contributed by atoms with E-state index in [1.54, 1.807) is 4.90 Å². The second-order valence-corrected chi connectivity index (χ2v) is 5.20. The summed E-state index contributed by atoms with van der Waals surface area (Å²) in [6.45, 7) is 2.61. The van der Waals surface area contributed by atoms with Crippen molar-refractivity contribution in [2.75, 3.05) is 6.54 Å². The van der Waals surface area contributed by atoms with Crippen molar-refractivity contribution in [1.29, 1.82) is 0 Å². The molecule has 2 atom stereocenters. The molecule has 1 aromatic carbocycles. The first-order valence-electron chi connectivity index (χ1n) is 6.04. The van der Waals surface area contributed by atoms with Crippen LogP contribution in [0.15, 0.2) is 18.2 Å². The number of hydrogen-bond acceptors (Lipinski definition) is 3. The number of carbonyl (C=O) groups excluding carboxylic acids is 1. The van der Waals surface area contributed by atoms with Crippen LogP contribution in [0, 0.1) is 0 Å². The SMILES string of the molecule is CC1CC(N)CCN1C(=O)c1cc(O)ccc1Cl. The Hall–Kier alpha value is -1.26. The van der Waals surface area contributed by atoms with Crippen LogP contribution in [0.5, 0.6) is 5.75 Å². The van der Waals surface area contributed by atoms with E-state index in [0.29, 0.717) is 17.1 Å². The lowest BCUT2D eigenvalue weighted by Crippen LogP contribution is -2.48. The third-order valence-electron chi connectivity index (χ3n) is 3.36. The Morgan fingerprint density at radius 3 is 2.94 bits per heavy atom. The standard InChI is InChI=1S/C13H17ClN2O2/c1-8-6-9(15)4-5-16(8)13(18)11-7-10(17)2-3-12(11)14/h2-3,7-9,17H,4-6,15H2,1H3. The highest BCUT2D eigenvalue weighted by molar-refractivity contribution is 6.33. The van der Waals surface area contributed by atoms with E-state index in [1.807, 2.05) is 6.92 Å². The molecule has 2 unspecified atom stereocenters. The molecule has 1 heterocycles. The molecule has 1 aromatic rings. The van der Waals surface area contributed by atoms with Crippen LogP contribution in [0.25, 0.3) is 0 Å². The highest BCUT2D eigenvalue weighted by atomic mass is 35.5. The zero-order valence-electron chi connectivity index (χ0n) is 10.3. The first kappa shape index (κ1) is 13.2. The summed E-state index contributed by atoms with van der Waals surface area (Å²) in [7, 11) is 0. The predicted octanol–water partition coefficient (Wildman–Crippen LogP) is 2.00. The van der Waals surface area contributed by atoms with Crippen LogP contribution in [-0.4, -0.2) is 34.5 Å². The van der Waals surface area contributed by atoms with Crippen molar-refractivity contribution < 1.29 is 9.90 Å². The minimum atomic E-state index is -0.143. The number of phenolic OH excluding ortho intramolecular Hbond substituents is 1. The lowest BCUT2D eigenvalue weighted by Gasteiger charge is -2.36. The van der Waals surface area contributed by atoms with E-state index in [9.17, 15) is 9.90 Å². The van der Waals surface area contributed by atoms with Crippen LogP contribution in [-0.2, 0) is 0 Å². The van der Waals surface area contributed by atoms with Crippen molar-refractivity contribution >= 4 is 17.5 Å². The lowest BCUT2D eigenvalue weighted by atomic mass is 9.98. The summed E-state index contributed by atoms with van der Waals surface area (Å²) in [4.78, 5) is 14.1. The number of nitrogens with zero attached hydrogens (tertiary/aromatic N) is 1. The van der Waals surface area contributed by atoms with Gasteiger partial charge in [0.25, 0.3) is 5.91 Å². The Morgan fingerprint density at radius 1 is 1.56 bits per heavy atom. The van der Waals surface area contributed by atoms with E-state index in [0.717, 1.165) is 12.8 Å². The van der Waals surface area contributed by atoms with Crippen LogP contribution >= 0.6 is 11.6 Å². The summed E-state index contributed by atoms with van der Waals surface area (Å²) in [6, 6.07) is 4.66. The Morgan fingerprint density at radius 2 is 2.28 bits per heavy atom. The minimum absolute atomic E-state index is 0.0455. The average Bonchev–Trinajstić information content (AvgIpc) is 2.31. The van der Waals surface area contributed by atoms with Crippen molar-refractivity contribution in [3.8, 4) is 5.75 Å². The summed E-state index contributed by atoms with van der Waals surface area (Å²) in [5.74, 6) is -0.0978. The maximum absolute atomic E-state index is 12.4. The van der Waals surface area contributed by atoms with E-state index >= 15 is 0 Å². The van der Waals surface area contributed by atoms with Gasteiger partial charge in [-0.05, 0) is 38.0 Å². The van der Waals surface area contributed by atoms with Gasteiger partial charge in [0.2, 0.25) is 0 Å². The fourth-order valence-corrected chi connectivity index (χ4v) is 2.54. The summed E-state index contributed by atoms with van der Waals surface area (Å²) in [5.41, 5.74) is 6.22. The molecule has 3 N–H and O–H groups in total. The van der Waals surface area contributed by atoms with E-state index in [1.165, 1.54) is 18.2 Å². The molecule has 0 spiro atoms. The van der Waals surface area contributed by atoms with Crippen LogP contribution in [0.2, 0.25) is 5.02 Å². The summed E-state index contributed by atoms with van der Waals surface area (Å²) < 4.78 is 0. The molecule has 2 rings (SSSR count). The lowest BCUT2D eigenvalue weighted by molar-refractivity contribution is 0.0619. The number of nitrogens with two attached hydrogens (primary N) is 1. The first-order chi connectivity index (χ1) is 8.49. The highest BCUT2D eigenvalue weighted by Gasteiger charge is 2.28. The van der Waals surface area contributed by atoms with Crippen LogP contribution < -0.4 is 5.73 Å². The molecule has 0 radical (unpaired) electrons. The Kier molecular flexibility index (Phi) is 3.78. The third-order valence-corrected chi connectivity index (χ3v) is 3.69. The Labute approximate surface area is 111 Å². The van der Waals surface area contributed by atoms with E-state index in [4.69, 9.17) is 17.3 Å². The Bertz CT molecular complexity index is 464. The fraction of sp³-hybridized carbons (Fsp3) is 0.462. The maximum atomic E-state index is 12.4. The number of phenols is 1. The normalized spacial score (nSPS) is 24.1. The van der Waals surface area contributed by atoms with Gasteiger partial charge in [0.1, 0.15) is 5.75 Å². The monoisotopic (exact) mass is 268 g/mol. The molecule has 18 heavy (non-hydrogen) atoms. The molecule has 4 nitrogen and oxygen atoms in total. The predicted molar refractivity (Wildman–Crippen MR) is 70.8 cm³/mol. The second kappa shape index (κ2) is 5.16. The van der Waals surface area contributed by atoms with Crippen LogP contribution in [0.3, 0.4) is 0 Å². The van der Waals surface area contributed by atoms with E-state index < -0.39 is 0 Å². The second-order valence-electron chi connectivity index (χ2n) is 4.80. The fourth-order valence-electron chi connectivity index (χ4n) is 2.34. The average molecular weight is 269 g/mol. The smallest absolute Gasteiger partial charge is 0.255 e. The van der Waals surface area contributed by atoms with Gasteiger partial charge in [-0.3, -0.25) is 4.79 Å². The van der Waals surface area contributed by atoms with Gasteiger partial charge in [0.15, 0.2) is 0 Å². The largest absolute Gasteiger partial charge is 0.508 e. The quantitative estimate of drug-likeness (QED) is 0.819. The van der Waals surface area contributed by atoms with Crippen LogP contribution in [0.4, 0.5) is 0 Å². The molecule has 1 aliphatic heterocycles. The van der Waals surface area contributed by atoms with Gasteiger partial charge >= 0.3 is 0 Å². The molecule has 1 aliphatic rings. The molecule has 0 aromatic heterocycles. The number of benzene rings is 1. The summed E-state index contributed by atoms with van der Waals surface area (Å²) in [5, 5.41) is 9.80. The highest BCUT2D eigenvalue weighted by Crippen LogP contribution is 2.25. The van der Waals surface area contributed by atoms with E-state index in [-0.39, 0.29) is 23.7 Å². The van der Waals surface area contributed by atoms with Crippen molar-refractivity contribution in [3.63, 3.8) is 0 Å². The van der Waals surface area contributed by atoms with E-state index in [2.05, 4.69) is 0 Å². The van der Waals surface area contributed by atoms with Gasteiger partial charge in [0.05, 0.1) is 10.6 Å². The maximum Gasteiger partial charge on any atom is 0.255 e.